The summed E-state index contributed by atoms with van der Waals surface area (Å²) in [6, 6.07) is 5.42. The first-order valence-electron chi connectivity index (χ1n) is 3.34. The van der Waals surface area contributed by atoms with Crippen LogP contribution in [0.25, 0.3) is 0 Å². The Labute approximate surface area is 73.8 Å². The number of carboxylic acid groups (broad SMARTS) is 1. The molecule has 0 amide bonds. The fourth-order valence-corrected chi connectivity index (χ4v) is 0.859. The molecule has 1 aromatic rings. The highest BCUT2D eigenvalue weighted by Crippen LogP contribution is 2.16. The molecule has 0 aliphatic rings. The van der Waals surface area contributed by atoms with Crippen LogP contribution in [0.15, 0.2) is 18.2 Å². The maximum Gasteiger partial charge on any atom is 0.335 e. The normalized spacial score (nSPS) is 8.92. The molecule has 66 valence electrons. The molecule has 2 N–H and O–H groups in total. The van der Waals surface area contributed by atoms with Gasteiger partial charge in [-0.05, 0) is 18.2 Å². The van der Waals surface area contributed by atoms with E-state index >= 15 is 0 Å². The van der Waals surface area contributed by atoms with Gasteiger partial charge in [-0.1, -0.05) is 0 Å². The molecule has 1 rings (SSSR count). The third-order valence-corrected chi connectivity index (χ3v) is 1.50. The molecule has 1 aromatic carbocycles. The van der Waals surface area contributed by atoms with Crippen molar-refractivity contribution in [2.24, 2.45) is 0 Å². The number of anilines is 1. The van der Waals surface area contributed by atoms with Crippen LogP contribution in [0, 0.1) is 16.5 Å². The summed E-state index contributed by atoms with van der Waals surface area (Å²) >= 11 is 0. The molecule has 0 saturated heterocycles. The van der Waals surface area contributed by atoms with Crippen LogP contribution in [0.3, 0.4) is 0 Å². The Balaban J connectivity index is 3.23. The molecule has 0 aliphatic carbocycles. The van der Waals surface area contributed by atoms with Crippen molar-refractivity contribution in [2.75, 3.05) is 5.48 Å². The summed E-state index contributed by atoms with van der Waals surface area (Å²) in [4.78, 5) is 10.5. The van der Waals surface area contributed by atoms with E-state index in [0.29, 0.717) is 0 Å². The summed E-state index contributed by atoms with van der Waals surface area (Å²) < 4.78 is 0. The number of nitrogens with zero attached hydrogens (tertiary/aromatic N) is 1. The molecule has 0 radical (unpaired) electrons. The van der Waals surface area contributed by atoms with Crippen LogP contribution in [0.1, 0.15) is 15.9 Å². The third kappa shape index (κ3) is 1.75. The zero-order valence-corrected chi connectivity index (χ0v) is 6.44. The first-order valence-corrected chi connectivity index (χ1v) is 3.34. The fourth-order valence-electron chi connectivity index (χ4n) is 0.859. The number of carbonyl (C=O) groups is 1. The topological polar surface area (TPSA) is 96.2 Å². The second-order valence-electron chi connectivity index (χ2n) is 2.28. The first kappa shape index (κ1) is 9.03. The summed E-state index contributed by atoms with van der Waals surface area (Å²) in [5.41, 5.74) is 1.58. The van der Waals surface area contributed by atoms with Crippen molar-refractivity contribution < 1.29 is 9.90 Å². The van der Waals surface area contributed by atoms with Crippen molar-refractivity contribution in [3.8, 4) is 6.07 Å². The van der Waals surface area contributed by atoms with Gasteiger partial charge in [0.2, 0.25) is 0 Å². The maximum absolute atomic E-state index is 10.5. The Morgan fingerprint density at radius 1 is 1.62 bits per heavy atom. The van der Waals surface area contributed by atoms with Gasteiger partial charge in [-0.25, -0.2) is 4.79 Å². The second-order valence-corrected chi connectivity index (χ2v) is 2.28. The smallest absolute Gasteiger partial charge is 0.335 e. The van der Waals surface area contributed by atoms with Gasteiger partial charge in [0, 0.05) is 5.69 Å². The van der Waals surface area contributed by atoms with Crippen LogP contribution in [0.2, 0.25) is 0 Å². The van der Waals surface area contributed by atoms with Gasteiger partial charge in [0.05, 0.1) is 11.1 Å². The lowest BCUT2D eigenvalue weighted by atomic mass is 10.1. The van der Waals surface area contributed by atoms with Crippen molar-refractivity contribution in [1.29, 1.82) is 5.26 Å². The van der Waals surface area contributed by atoms with E-state index < -0.39 is 5.97 Å². The minimum atomic E-state index is -1.14. The van der Waals surface area contributed by atoms with Crippen molar-refractivity contribution in [2.45, 2.75) is 0 Å². The average molecular weight is 177 g/mol. The zero-order chi connectivity index (χ0) is 9.84. The summed E-state index contributed by atoms with van der Waals surface area (Å²) in [5.74, 6) is -1.14. The Bertz CT molecular complexity index is 381. The summed E-state index contributed by atoms with van der Waals surface area (Å²) in [5, 5.41) is 27.4. The predicted octanol–water partition coefficient (Wildman–Crippen LogP) is 1.17. The lowest BCUT2D eigenvalue weighted by molar-refractivity contribution is 0.0697. The number of aromatic carboxylic acids is 1. The van der Waals surface area contributed by atoms with Crippen LogP contribution >= 0.6 is 0 Å². The quantitative estimate of drug-likeness (QED) is 0.661. The predicted molar refractivity (Wildman–Crippen MR) is 45.1 cm³/mol. The van der Waals surface area contributed by atoms with E-state index in [4.69, 9.17) is 10.4 Å². The van der Waals surface area contributed by atoms with E-state index in [2.05, 4.69) is 0 Å². The highest BCUT2D eigenvalue weighted by atomic mass is 16.5. The Hall–Kier alpha value is -2.06. The Kier molecular flexibility index (Phi) is 2.47. The molecule has 0 aromatic heterocycles. The summed E-state index contributed by atoms with van der Waals surface area (Å²) in [7, 11) is 0. The number of carboxylic acids is 1. The van der Waals surface area contributed by atoms with Gasteiger partial charge in [0.1, 0.15) is 6.07 Å². The second kappa shape index (κ2) is 3.56. The minimum absolute atomic E-state index is 0.0256. The number of nitriles is 1. The van der Waals surface area contributed by atoms with E-state index in [9.17, 15) is 10.0 Å². The molecule has 0 bridgehead atoms. The molecular formula is C8H5N2O3-. The number of hydrogen-bond donors (Lipinski definition) is 2. The molecule has 0 atom stereocenters. The van der Waals surface area contributed by atoms with E-state index in [0.717, 1.165) is 6.07 Å². The van der Waals surface area contributed by atoms with Crippen LogP contribution in [-0.2, 0) is 0 Å². The molecule has 0 heterocycles. The Morgan fingerprint density at radius 2 is 2.31 bits per heavy atom. The molecule has 0 unspecified atom stereocenters. The molecule has 0 spiro atoms. The summed E-state index contributed by atoms with van der Waals surface area (Å²) in [6.07, 6.45) is 0. The average Bonchev–Trinajstić information content (AvgIpc) is 2.16. The molecule has 0 saturated carbocycles. The number of nitrogens with one attached hydrogen (secondary N) is 1. The third-order valence-electron chi connectivity index (χ3n) is 1.50. The van der Waals surface area contributed by atoms with Crippen molar-refractivity contribution >= 4 is 11.7 Å². The van der Waals surface area contributed by atoms with E-state index in [1.54, 1.807) is 6.07 Å². The zero-order valence-electron chi connectivity index (χ0n) is 6.44. The standard InChI is InChI=1S/C8H5N2O3/c9-4-6-2-1-5(8(11)12)3-7(6)10-13/h1-3,10H,(H,11,12)/q-1. The van der Waals surface area contributed by atoms with E-state index in [1.165, 1.54) is 17.6 Å². The van der Waals surface area contributed by atoms with Crippen LogP contribution in [-0.4, -0.2) is 11.1 Å². The monoisotopic (exact) mass is 177 g/mol. The summed E-state index contributed by atoms with van der Waals surface area (Å²) in [6.45, 7) is 0. The molecule has 13 heavy (non-hydrogen) atoms. The highest BCUT2D eigenvalue weighted by Gasteiger charge is 2.05. The largest absolute Gasteiger partial charge is 0.761 e. The molecule has 0 aliphatic heterocycles. The van der Waals surface area contributed by atoms with Gasteiger partial charge >= 0.3 is 5.97 Å². The van der Waals surface area contributed by atoms with E-state index in [1.807, 2.05) is 0 Å². The Morgan fingerprint density at radius 3 is 2.77 bits per heavy atom. The first-order chi connectivity index (χ1) is 6.19. The molecule has 5 nitrogen and oxygen atoms in total. The lowest BCUT2D eigenvalue weighted by Crippen LogP contribution is -1.98. The SMILES string of the molecule is N#Cc1ccc(C(=O)O)cc1N[O-]. The van der Waals surface area contributed by atoms with Gasteiger partial charge in [-0.3, -0.25) is 0 Å². The number of rotatable bonds is 2. The highest BCUT2D eigenvalue weighted by molar-refractivity contribution is 5.89. The van der Waals surface area contributed by atoms with Crippen molar-refractivity contribution in [3.05, 3.63) is 34.5 Å². The lowest BCUT2D eigenvalue weighted by Gasteiger charge is -2.11. The number of hydrogen-bond acceptors (Lipinski definition) is 4. The van der Waals surface area contributed by atoms with Crippen LogP contribution in [0.5, 0.6) is 0 Å². The van der Waals surface area contributed by atoms with Crippen LogP contribution < -0.4 is 5.48 Å². The van der Waals surface area contributed by atoms with Gasteiger partial charge in [-0.2, -0.15) is 5.26 Å². The van der Waals surface area contributed by atoms with Gasteiger partial charge in [0.15, 0.2) is 0 Å². The minimum Gasteiger partial charge on any atom is -0.761 e. The van der Waals surface area contributed by atoms with Crippen molar-refractivity contribution in [3.63, 3.8) is 0 Å². The molecule has 0 fully saturated rings. The molecule has 5 heteroatoms. The van der Waals surface area contributed by atoms with Gasteiger partial charge < -0.3 is 15.8 Å². The molecular weight excluding hydrogens is 172 g/mol. The van der Waals surface area contributed by atoms with Crippen molar-refractivity contribution in [1.82, 2.24) is 0 Å². The maximum atomic E-state index is 10.5. The fraction of sp³-hybridized carbons (Fsp3) is 0. The van der Waals surface area contributed by atoms with Gasteiger partial charge in [-0.15, -0.1) is 0 Å². The van der Waals surface area contributed by atoms with Crippen LogP contribution in [0.4, 0.5) is 5.69 Å². The van der Waals surface area contributed by atoms with E-state index in [-0.39, 0.29) is 16.8 Å². The van der Waals surface area contributed by atoms with Gasteiger partial charge in [0.25, 0.3) is 0 Å². The number of benzene rings is 1.